The summed E-state index contributed by atoms with van der Waals surface area (Å²) in [5.74, 6) is -7.01. The number of ketones is 1. The molecule has 0 aromatic heterocycles. The average molecular weight is 888 g/mol. The van der Waals surface area contributed by atoms with E-state index < -0.39 is 143 Å². The normalized spacial score (nSPS) is 35.3. The Morgan fingerprint density at radius 3 is 2.11 bits per heavy atom. The Hall–Kier alpha value is -4.95. The lowest BCUT2D eigenvalue weighted by molar-refractivity contribution is -0.345. The number of rotatable bonds is 10. The number of benzene rings is 1. The Labute approximate surface area is 363 Å². The zero-order chi connectivity index (χ0) is 47.2. The van der Waals surface area contributed by atoms with Crippen molar-refractivity contribution in [3.05, 3.63) is 47.0 Å². The molecular formula is C44H57NO18. The lowest BCUT2D eigenvalue weighted by atomic mass is 9.44. The van der Waals surface area contributed by atoms with E-state index in [9.17, 15) is 49.2 Å². The van der Waals surface area contributed by atoms with Gasteiger partial charge in [-0.2, -0.15) is 0 Å². The van der Waals surface area contributed by atoms with Crippen LogP contribution in [0.5, 0.6) is 0 Å². The second-order valence-corrected chi connectivity index (χ2v) is 19.4. The molecular weight excluding hydrogens is 830 g/mol. The molecule has 2 saturated heterocycles. The number of cyclic esters (lactones) is 1. The van der Waals surface area contributed by atoms with E-state index in [-0.39, 0.29) is 23.1 Å². The molecule has 19 nitrogen and oxygen atoms in total. The maximum absolute atomic E-state index is 15.6. The third-order valence-corrected chi connectivity index (χ3v) is 14.3. The summed E-state index contributed by atoms with van der Waals surface area (Å²) >= 11 is 0. The lowest BCUT2D eigenvalue weighted by Gasteiger charge is -2.67. The van der Waals surface area contributed by atoms with Crippen LogP contribution in [0.25, 0.3) is 0 Å². The quantitative estimate of drug-likeness (QED) is 0.149. The van der Waals surface area contributed by atoms with Gasteiger partial charge in [-0.25, -0.2) is 24.1 Å². The molecule has 1 aromatic carbocycles. The summed E-state index contributed by atoms with van der Waals surface area (Å²) in [6.45, 7) is 12.3. The Bertz CT molecular complexity index is 2130. The first-order valence-corrected chi connectivity index (χ1v) is 20.6. The number of ether oxygens (including phenoxy) is 7. The summed E-state index contributed by atoms with van der Waals surface area (Å²) in [7, 11) is 1.04. The maximum atomic E-state index is 15.6. The number of esters is 3. The number of carbonyl (C=O) groups is 7. The number of fused-ring (bicyclic) bond motifs is 5. The van der Waals surface area contributed by atoms with E-state index in [2.05, 4.69) is 0 Å². The van der Waals surface area contributed by atoms with Gasteiger partial charge in [0.05, 0.1) is 49.4 Å². The van der Waals surface area contributed by atoms with E-state index in [4.69, 9.17) is 33.2 Å². The Morgan fingerprint density at radius 2 is 1.60 bits per heavy atom. The van der Waals surface area contributed by atoms with Gasteiger partial charge in [0.2, 0.25) is 0 Å². The summed E-state index contributed by atoms with van der Waals surface area (Å²) in [5, 5.41) is 48.2. The van der Waals surface area contributed by atoms with Gasteiger partial charge in [0.15, 0.2) is 29.2 Å². The topological polar surface area (TPSA) is 268 Å². The Kier molecular flexibility index (Phi) is 11.8. The van der Waals surface area contributed by atoms with Gasteiger partial charge < -0.3 is 53.6 Å². The number of methoxy groups -OCH3 is 1. The molecule has 4 N–H and O–H groups in total. The van der Waals surface area contributed by atoms with Crippen LogP contribution in [0.4, 0.5) is 9.59 Å². The highest BCUT2D eigenvalue weighted by Gasteiger charge is 2.79. The molecule has 0 spiro atoms. The summed E-state index contributed by atoms with van der Waals surface area (Å²) in [6.07, 6.45) is -12.5. The number of aliphatic hydroxyl groups excluding tert-OH is 3. The van der Waals surface area contributed by atoms with Crippen molar-refractivity contribution in [3.8, 4) is 0 Å². The van der Waals surface area contributed by atoms with Crippen molar-refractivity contribution in [1.82, 2.24) is 4.90 Å². The highest BCUT2D eigenvalue weighted by atomic mass is 16.8. The molecule has 4 fully saturated rings. The zero-order valence-corrected chi connectivity index (χ0v) is 37.2. The van der Waals surface area contributed by atoms with Crippen LogP contribution in [0.1, 0.15) is 92.4 Å². The van der Waals surface area contributed by atoms with Crippen molar-refractivity contribution in [1.29, 1.82) is 0 Å². The van der Waals surface area contributed by atoms with E-state index in [1.165, 1.54) is 74.4 Å². The fraction of sp³-hybridized carbons (Fsp3) is 0.659. The molecule has 63 heavy (non-hydrogen) atoms. The predicted octanol–water partition coefficient (Wildman–Crippen LogP) is 2.32. The van der Waals surface area contributed by atoms with E-state index in [0.717, 1.165) is 14.0 Å². The van der Waals surface area contributed by atoms with Gasteiger partial charge in [0.25, 0.3) is 5.91 Å². The maximum Gasteiger partial charge on any atom is 0.508 e. The number of Topliss-reactive ketones (excluding diaryl/α,β-unsaturated/α-hetero) is 1. The average Bonchev–Trinajstić information content (AvgIpc) is 3.40. The molecule has 2 amide bonds. The van der Waals surface area contributed by atoms with Crippen molar-refractivity contribution in [2.45, 2.75) is 141 Å². The lowest BCUT2D eigenvalue weighted by Crippen LogP contribution is -2.82. The molecule has 1 aromatic rings. The van der Waals surface area contributed by atoms with E-state index in [0.29, 0.717) is 4.90 Å². The van der Waals surface area contributed by atoms with Crippen molar-refractivity contribution >= 4 is 41.8 Å². The first-order chi connectivity index (χ1) is 29.0. The first-order valence-electron chi connectivity index (χ1n) is 20.6. The number of aliphatic hydroxyl groups is 4. The van der Waals surface area contributed by atoms with E-state index in [1.807, 2.05) is 0 Å². The first kappa shape index (κ1) is 47.5. The summed E-state index contributed by atoms with van der Waals surface area (Å²) < 4.78 is 40.4. The molecule has 6 rings (SSSR count). The summed E-state index contributed by atoms with van der Waals surface area (Å²) in [5.41, 5.74) is -13.9. The van der Waals surface area contributed by atoms with Gasteiger partial charge in [-0.1, -0.05) is 45.9 Å². The van der Waals surface area contributed by atoms with Crippen LogP contribution in [-0.2, 0) is 52.3 Å². The standard InChI is InChI=1S/C44H57NO18/c1-21-26-28(59-22(2)47)31(50)42(10)24(48)17-25-43(20-58-25,63-37(55)57-11)29(42)32(60-33(51)23-15-13-12-14-16-23)44(56,39(26,5)6)18-41(21,9)61-34(52)27(49)30(38(3,4)19-46)45-35(53)40(7,8)62-36(45)54/h12-16,24-25,27-30,32,46,48-49,56H,17-20H2,1-11H3/t24?,25-,27-,28-,29?,30-,32?,41+,42-,43+,44-/m1/s1. The van der Waals surface area contributed by atoms with Gasteiger partial charge in [-0.3, -0.25) is 14.4 Å². The molecule has 2 bridgehead atoms. The van der Waals surface area contributed by atoms with Crippen molar-refractivity contribution in [2.24, 2.45) is 22.2 Å². The van der Waals surface area contributed by atoms with E-state index >= 15 is 4.79 Å². The minimum Gasteiger partial charge on any atom is -0.455 e. The summed E-state index contributed by atoms with van der Waals surface area (Å²) in [4.78, 5) is 97.9. The molecule has 2 aliphatic heterocycles. The van der Waals surface area contributed by atoms with Gasteiger partial charge in [0, 0.05) is 30.6 Å². The molecule has 5 aliphatic rings. The molecule has 0 radical (unpaired) electrons. The second-order valence-electron chi connectivity index (χ2n) is 19.4. The highest BCUT2D eigenvalue weighted by molar-refractivity contribution is 6.03. The van der Waals surface area contributed by atoms with E-state index in [1.54, 1.807) is 18.2 Å². The zero-order valence-electron chi connectivity index (χ0n) is 37.2. The van der Waals surface area contributed by atoms with Gasteiger partial charge >= 0.3 is 30.2 Å². The van der Waals surface area contributed by atoms with Gasteiger partial charge in [-0.15, -0.1) is 0 Å². The van der Waals surface area contributed by atoms with Crippen LogP contribution < -0.4 is 0 Å². The molecule has 2 heterocycles. The number of amides is 2. The number of hydrogen-bond acceptors (Lipinski definition) is 18. The number of carbonyl (C=O) groups excluding carboxylic acids is 7. The largest absolute Gasteiger partial charge is 0.508 e. The predicted molar refractivity (Wildman–Crippen MR) is 213 cm³/mol. The molecule has 19 heteroatoms. The van der Waals surface area contributed by atoms with Crippen LogP contribution >= 0.6 is 0 Å². The second kappa shape index (κ2) is 15.6. The fourth-order valence-corrected chi connectivity index (χ4v) is 10.5. The van der Waals surface area contributed by atoms with Gasteiger partial charge in [0.1, 0.15) is 23.4 Å². The number of imide groups is 1. The number of nitrogens with zero attached hydrogens (tertiary/aromatic N) is 1. The van der Waals surface area contributed by atoms with Crippen LogP contribution in [0.15, 0.2) is 41.5 Å². The van der Waals surface area contributed by atoms with Crippen molar-refractivity contribution in [3.63, 3.8) is 0 Å². The fourth-order valence-electron chi connectivity index (χ4n) is 10.5. The molecule has 346 valence electrons. The van der Waals surface area contributed by atoms with Crippen molar-refractivity contribution < 1.29 is 87.1 Å². The Morgan fingerprint density at radius 1 is 0.984 bits per heavy atom. The third kappa shape index (κ3) is 7.10. The smallest absolute Gasteiger partial charge is 0.455 e. The molecule has 3 unspecified atom stereocenters. The summed E-state index contributed by atoms with van der Waals surface area (Å²) in [6, 6.07) is 5.84. The van der Waals surface area contributed by atoms with Gasteiger partial charge in [-0.05, 0) is 57.9 Å². The molecule has 11 atom stereocenters. The third-order valence-electron chi connectivity index (χ3n) is 14.3. The van der Waals surface area contributed by atoms with Crippen LogP contribution in [0.2, 0.25) is 0 Å². The molecule has 2 saturated carbocycles. The van der Waals surface area contributed by atoms with Crippen molar-refractivity contribution in [2.75, 3.05) is 20.3 Å². The Balaban J connectivity index is 1.61. The van der Waals surface area contributed by atoms with Crippen LogP contribution in [-0.4, -0.2) is 146 Å². The molecule has 3 aliphatic carbocycles. The minimum absolute atomic E-state index is 0.00302. The van der Waals surface area contributed by atoms with Crippen LogP contribution in [0, 0.1) is 22.2 Å². The SMILES string of the molecule is COC(=O)O[C@@]12CO[C@@H]1CC(O)[C@@]1(C)C(=O)[C@H](OC(C)=O)C3=C(C)[C@@](C)(OC(=O)[C@H](O)[C@@H](N4C(=O)OC(C)(C)C4=O)C(C)(C)CO)C[C@@](O)(C(OC(=O)c4ccccc4)C12)C3(C)C. The monoisotopic (exact) mass is 887 g/mol. The number of hydrogen-bond donors (Lipinski definition) is 4. The highest BCUT2D eigenvalue weighted by Crippen LogP contribution is 2.65. The minimum atomic E-state index is -2.55. The van der Waals surface area contributed by atoms with Crippen LogP contribution in [0.3, 0.4) is 0 Å².